The fraction of sp³-hybridized carbons (Fsp3) is 0.421. The zero-order chi connectivity index (χ0) is 17.5. The Hall–Kier alpha value is -2.05. The highest BCUT2D eigenvalue weighted by Crippen LogP contribution is 2.30. The van der Waals surface area contributed by atoms with Gasteiger partial charge in [0.2, 0.25) is 0 Å². The van der Waals surface area contributed by atoms with Crippen molar-refractivity contribution in [1.82, 2.24) is 10.2 Å². The number of benzene rings is 1. The second-order valence-corrected chi connectivity index (χ2v) is 7.19. The molecule has 134 valence electrons. The molecule has 5 nitrogen and oxygen atoms in total. The van der Waals surface area contributed by atoms with Crippen molar-refractivity contribution in [2.75, 3.05) is 38.6 Å². The zero-order valence-corrected chi connectivity index (χ0v) is 15.3. The Morgan fingerprint density at radius 1 is 1.24 bits per heavy atom. The molecule has 1 saturated heterocycles. The van der Waals surface area contributed by atoms with Gasteiger partial charge in [0.15, 0.2) is 0 Å². The summed E-state index contributed by atoms with van der Waals surface area (Å²) in [4.78, 5) is 16.0. The van der Waals surface area contributed by atoms with Crippen molar-refractivity contribution >= 4 is 23.1 Å². The highest BCUT2D eigenvalue weighted by atomic mass is 32.1. The van der Waals surface area contributed by atoms with Gasteiger partial charge in [-0.3, -0.25) is 0 Å². The average Bonchev–Trinajstić information content (AvgIpc) is 3.17. The first-order valence-electron chi connectivity index (χ1n) is 8.70. The van der Waals surface area contributed by atoms with Gasteiger partial charge in [0, 0.05) is 18.0 Å². The number of carbonyl (C=O) groups is 1. The minimum atomic E-state index is -0.196. The van der Waals surface area contributed by atoms with Crippen LogP contribution in [0.1, 0.15) is 23.6 Å². The molecule has 2 amide bonds. The molecule has 0 saturated carbocycles. The summed E-state index contributed by atoms with van der Waals surface area (Å²) < 4.78 is 5.24. The largest absolute Gasteiger partial charge is 0.495 e. The molecular weight excluding hydrogens is 334 g/mol. The van der Waals surface area contributed by atoms with Crippen LogP contribution in [-0.2, 0) is 0 Å². The van der Waals surface area contributed by atoms with Gasteiger partial charge in [0.05, 0.1) is 12.8 Å². The number of nitrogens with one attached hydrogen (secondary N) is 2. The third-order valence-electron chi connectivity index (χ3n) is 4.60. The Balaban J connectivity index is 1.36. The summed E-state index contributed by atoms with van der Waals surface area (Å²) in [5.74, 6) is 1.37. The van der Waals surface area contributed by atoms with Crippen LogP contribution in [0.2, 0.25) is 0 Å². The van der Waals surface area contributed by atoms with Crippen LogP contribution < -0.4 is 15.4 Å². The standard InChI is InChI=1S/C19H25N3O2S/c1-24-17-6-3-2-5-16(17)21-19(23)20-10-13-22-11-8-15(9-12-22)18-7-4-14-25-18/h2-7,14-15H,8-13H2,1H3,(H2,20,21,23). The molecule has 6 heteroatoms. The Kier molecular flexibility index (Phi) is 6.30. The van der Waals surface area contributed by atoms with Gasteiger partial charge in [0.25, 0.3) is 0 Å². The van der Waals surface area contributed by atoms with Crippen molar-refractivity contribution in [3.8, 4) is 5.75 Å². The summed E-state index contributed by atoms with van der Waals surface area (Å²) in [6, 6.07) is 11.6. The SMILES string of the molecule is COc1ccccc1NC(=O)NCCN1CCC(c2cccs2)CC1. The molecule has 2 aromatic rings. The van der Waals surface area contributed by atoms with E-state index in [9.17, 15) is 4.79 Å². The number of hydrogen-bond donors (Lipinski definition) is 2. The van der Waals surface area contributed by atoms with Crippen LogP contribution in [-0.4, -0.2) is 44.2 Å². The van der Waals surface area contributed by atoms with Gasteiger partial charge in [-0.1, -0.05) is 18.2 Å². The molecular formula is C19H25N3O2S. The molecule has 0 aliphatic carbocycles. The summed E-state index contributed by atoms with van der Waals surface area (Å²) in [6.45, 7) is 3.72. The molecule has 0 spiro atoms. The lowest BCUT2D eigenvalue weighted by molar-refractivity contribution is 0.212. The maximum atomic E-state index is 12.0. The van der Waals surface area contributed by atoms with Crippen LogP contribution in [0.25, 0.3) is 0 Å². The van der Waals surface area contributed by atoms with Crippen molar-refractivity contribution in [3.63, 3.8) is 0 Å². The lowest BCUT2D eigenvalue weighted by atomic mass is 9.95. The first kappa shape index (κ1) is 17.8. The topological polar surface area (TPSA) is 53.6 Å². The third kappa shape index (κ3) is 4.96. The predicted octanol–water partition coefficient (Wildman–Crippen LogP) is 3.76. The van der Waals surface area contributed by atoms with Crippen LogP contribution in [0, 0.1) is 0 Å². The summed E-state index contributed by atoms with van der Waals surface area (Å²) in [5.41, 5.74) is 0.680. The molecule has 1 aliphatic heterocycles. The van der Waals surface area contributed by atoms with Crippen molar-refractivity contribution in [1.29, 1.82) is 0 Å². The summed E-state index contributed by atoms with van der Waals surface area (Å²) in [6.07, 6.45) is 2.40. The molecule has 1 aliphatic rings. The summed E-state index contributed by atoms with van der Waals surface area (Å²) in [7, 11) is 1.60. The number of methoxy groups -OCH3 is 1. The van der Waals surface area contributed by atoms with E-state index in [2.05, 4.69) is 33.0 Å². The summed E-state index contributed by atoms with van der Waals surface area (Å²) >= 11 is 1.86. The highest BCUT2D eigenvalue weighted by Gasteiger charge is 2.20. The molecule has 2 N–H and O–H groups in total. The number of rotatable bonds is 6. The number of thiophene rings is 1. The maximum Gasteiger partial charge on any atom is 0.319 e. The van der Waals surface area contributed by atoms with Crippen LogP contribution in [0.3, 0.4) is 0 Å². The number of nitrogens with zero attached hydrogens (tertiary/aromatic N) is 1. The Morgan fingerprint density at radius 2 is 2.04 bits per heavy atom. The van der Waals surface area contributed by atoms with Crippen LogP contribution in [0.15, 0.2) is 41.8 Å². The Labute approximate surface area is 153 Å². The molecule has 0 atom stereocenters. The number of urea groups is 1. The van der Waals surface area contributed by atoms with Crippen molar-refractivity contribution in [3.05, 3.63) is 46.7 Å². The molecule has 1 aromatic carbocycles. The van der Waals surface area contributed by atoms with E-state index in [1.165, 1.54) is 17.7 Å². The second-order valence-electron chi connectivity index (χ2n) is 6.21. The number of anilines is 1. The molecule has 0 bridgehead atoms. The first-order valence-corrected chi connectivity index (χ1v) is 9.58. The number of amides is 2. The molecule has 0 unspecified atom stereocenters. The molecule has 0 radical (unpaired) electrons. The number of para-hydroxylation sites is 2. The van der Waals surface area contributed by atoms with Gasteiger partial charge >= 0.3 is 6.03 Å². The lowest BCUT2D eigenvalue weighted by Crippen LogP contribution is -2.40. The number of piperidine rings is 1. The van der Waals surface area contributed by atoms with Gasteiger partial charge in [-0.2, -0.15) is 0 Å². The second kappa shape index (κ2) is 8.87. The van der Waals surface area contributed by atoms with Crippen LogP contribution in [0.5, 0.6) is 5.75 Å². The Bertz CT molecular complexity index is 667. The van der Waals surface area contributed by atoms with Gasteiger partial charge in [-0.05, 0) is 55.4 Å². The van der Waals surface area contributed by atoms with E-state index in [-0.39, 0.29) is 6.03 Å². The van der Waals surface area contributed by atoms with E-state index in [0.717, 1.165) is 19.6 Å². The van der Waals surface area contributed by atoms with E-state index >= 15 is 0 Å². The molecule has 2 heterocycles. The van der Waals surface area contributed by atoms with Gasteiger partial charge in [-0.25, -0.2) is 4.79 Å². The van der Waals surface area contributed by atoms with E-state index in [1.54, 1.807) is 7.11 Å². The number of carbonyl (C=O) groups excluding carboxylic acids is 1. The average molecular weight is 359 g/mol. The van der Waals surface area contributed by atoms with Gasteiger partial charge < -0.3 is 20.3 Å². The lowest BCUT2D eigenvalue weighted by Gasteiger charge is -2.31. The molecule has 1 fully saturated rings. The van der Waals surface area contributed by atoms with Gasteiger partial charge in [0.1, 0.15) is 5.75 Å². The van der Waals surface area contributed by atoms with Crippen molar-refractivity contribution in [2.24, 2.45) is 0 Å². The number of ether oxygens (including phenoxy) is 1. The number of likely N-dealkylation sites (tertiary alicyclic amines) is 1. The van der Waals surface area contributed by atoms with Crippen molar-refractivity contribution in [2.45, 2.75) is 18.8 Å². The van der Waals surface area contributed by atoms with E-state index in [1.807, 2.05) is 35.6 Å². The van der Waals surface area contributed by atoms with Crippen LogP contribution >= 0.6 is 11.3 Å². The third-order valence-corrected chi connectivity index (χ3v) is 5.64. The normalized spacial score (nSPS) is 15.7. The van der Waals surface area contributed by atoms with E-state index < -0.39 is 0 Å². The molecule has 1 aromatic heterocycles. The van der Waals surface area contributed by atoms with Crippen LogP contribution in [0.4, 0.5) is 10.5 Å². The fourth-order valence-electron chi connectivity index (χ4n) is 3.21. The maximum absolute atomic E-state index is 12.0. The monoisotopic (exact) mass is 359 g/mol. The zero-order valence-electron chi connectivity index (χ0n) is 14.5. The minimum Gasteiger partial charge on any atom is -0.495 e. The molecule has 3 rings (SSSR count). The predicted molar refractivity (Wildman–Crippen MR) is 103 cm³/mol. The highest BCUT2D eigenvalue weighted by molar-refractivity contribution is 7.10. The smallest absolute Gasteiger partial charge is 0.319 e. The van der Waals surface area contributed by atoms with E-state index in [4.69, 9.17) is 4.74 Å². The quantitative estimate of drug-likeness (QED) is 0.826. The Morgan fingerprint density at radius 3 is 2.76 bits per heavy atom. The fourth-order valence-corrected chi connectivity index (χ4v) is 4.11. The van der Waals surface area contributed by atoms with E-state index in [0.29, 0.717) is 23.9 Å². The van der Waals surface area contributed by atoms with Crippen molar-refractivity contribution < 1.29 is 9.53 Å². The summed E-state index contributed by atoms with van der Waals surface area (Å²) in [5, 5.41) is 7.91. The first-order chi connectivity index (χ1) is 12.3. The van der Waals surface area contributed by atoms with Gasteiger partial charge in [-0.15, -0.1) is 11.3 Å². The minimum absolute atomic E-state index is 0.196. The molecule has 25 heavy (non-hydrogen) atoms. The number of hydrogen-bond acceptors (Lipinski definition) is 4.